The molecule has 0 aromatic carbocycles. The van der Waals surface area contributed by atoms with Gasteiger partial charge in [-0.1, -0.05) is 6.07 Å². The van der Waals surface area contributed by atoms with Crippen molar-refractivity contribution in [2.45, 2.75) is 13.3 Å². The van der Waals surface area contributed by atoms with Gasteiger partial charge in [0.15, 0.2) is 11.6 Å². The fourth-order valence-electron chi connectivity index (χ4n) is 1.64. The highest BCUT2D eigenvalue weighted by Gasteiger charge is 2.17. The SMILES string of the molecule is Cc1nn(C)cc1C(=O)CC(=O)c1cccs1. The summed E-state index contributed by atoms with van der Waals surface area (Å²) < 4.78 is 1.58. The predicted octanol–water partition coefficient (Wildman–Crippen LogP) is 2.25. The molecule has 0 aliphatic rings. The number of hydrogen-bond acceptors (Lipinski definition) is 4. The Morgan fingerprint density at radius 1 is 1.41 bits per heavy atom. The van der Waals surface area contributed by atoms with Gasteiger partial charge >= 0.3 is 0 Å². The van der Waals surface area contributed by atoms with Crippen molar-refractivity contribution in [3.63, 3.8) is 0 Å². The van der Waals surface area contributed by atoms with Crippen molar-refractivity contribution in [2.24, 2.45) is 7.05 Å². The van der Waals surface area contributed by atoms with Crippen LogP contribution in [0.15, 0.2) is 23.7 Å². The highest BCUT2D eigenvalue weighted by atomic mass is 32.1. The molecule has 0 N–H and O–H groups in total. The normalized spacial score (nSPS) is 10.5. The number of rotatable bonds is 4. The number of thiophene rings is 1. The fourth-order valence-corrected chi connectivity index (χ4v) is 2.30. The second kappa shape index (κ2) is 4.63. The molecule has 0 fully saturated rings. The molecule has 0 spiro atoms. The van der Waals surface area contributed by atoms with Crippen LogP contribution >= 0.6 is 11.3 Å². The minimum Gasteiger partial charge on any atom is -0.294 e. The van der Waals surface area contributed by atoms with E-state index in [0.717, 1.165) is 0 Å². The van der Waals surface area contributed by atoms with Crippen LogP contribution in [-0.4, -0.2) is 21.3 Å². The van der Waals surface area contributed by atoms with Gasteiger partial charge < -0.3 is 0 Å². The monoisotopic (exact) mass is 248 g/mol. The van der Waals surface area contributed by atoms with E-state index in [1.54, 1.807) is 37.0 Å². The van der Waals surface area contributed by atoms with Crippen LogP contribution in [0, 0.1) is 6.92 Å². The van der Waals surface area contributed by atoms with Crippen molar-refractivity contribution in [1.29, 1.82) is 0 Å². The van der Waals surface area contributed by atoms with Crippen LogP contribution in [0.25, 0.3) is 0 Å². The summed E-state index contributed by atoms with van der Waals surface area (Å²) in [5.74, 6) is -0.303. The zero-order chi connectivity index (χ0) is 12.4. The van der Waals surface area contributed by atoms with Gasteiger partial charge in [0.1, 0.15) is 0 Å². The van der Waals surface area contributed by atoms with Crippen molar-refractivity contribution in [2.75, 3.05) is 0 Å². The van der Waals surface area contributed by atoms with Crippen molar-refractivity contribution in [3.8, 4) is 0 Å². The van der Waals surface area contributed by atoms with Gasteiger partial charge in [0, 0.05) is 13.2 Å². The van der Waals surface area contributed by atoms with Gasteiger partial charge in [-0.2, -0.15) is 5.10 Å². The molecule has 4 nitrogen and oxygen atoms in total. The van der Waals surface area contributed by atoms with E-state index in [-0.39, 0.29) is 18.0 Å². The third-order valence-electron chi connectivity index (χ3n) is 2.43. The number of ketones is 2. The van der Waals surface area contributed by atoms with Gasteiger partial charge in [0.25, 0.3) is 0 Å². The second-order valence-electron chi connectivity index (χ2n) is 3.80. The quantitative estimate of drug-likeness (QED) is 0.616. The zero-order valence-electron chi connectivity index (χ0n) is 9.64. The fraction of sp³-hybridized carbons (Fsp3) is 0.250. The standard InChI is InChI=1S/C12H12N2O2S/c1-8-9(7-14(2)13-8)10(15)6-11(16)12-4-3-5-17-12/h3-5,7H,6H2,1-2H3. The Labute approximate surface area is 103 Å². The van der Waals surface area contributed by atoms with Crippen LogP contribution < -0.4 is 0 Å². The summed E-state index contributed by atoms with van der Waals surface area (Å²) >= 11 is 1.36. The molecule has 0 bridgehead atoms. The lowest BCUT2D eigenvalue weighted by Gasteiger charge is -1.97. The summed E-state index contributed by atoms with van der Waals surface area (Å²) in [5, 5.41) is 5.92. The minimum atomic E-state index is -0.172. The van der Waals surface area contributed by atoms with Crippen molar-refractivity contribution >= 4 is 22.9 Å². The number of carbonyl (C=O) groups is 2. The highest BCUT2D eigenvalue weighted by Crippen LogP contribution is 2.14. The Morgan fingerprint density at radius 3 is 2.71 bits per heavy atom. The molecule has 0 aliphatic heterocycles. The Morgan fingerprint density at radius 2 is 2.18 bits per heavy atom. The number of aryl methyl sites for hydroxylation is 2. The second-order valence-corrected chi connectivity index (χ2v) is 4.75. The van der Waals surface area contributed by atoms with Crippen molar-refractivity contribution in [3.05, 3.63) is 39.8 Å². The molecule has 0 aliphatic carbocycles. The van der Waals surface area contributed by atoms with Gasteiger partial charge in [-0.05, 0) is 18.4 Å². The molecule has 17 heavy (non-hydrogen) atoms. The first-order valence-electron chi connectivity index (χ1n) is 5.18. The van der Waals surface area contributed by atoms with Crippen molar-refractivity contribution < 1.29 is 9.59 Å². The smallest absolute Gasteiger partial charge is 0.180 e. The molecular weight excluding hydrogens is 236 g/mol. The van der Waals surface area contributed by atoms with E-state index in [9.17, 15) is 9.59 Å². The predicted molar refractivity (Wildman–Crippen MR) is 65.5 cm³/mol. The van der Waals surface area contributed by atoms with E-state index in [1.807, 2.05) is 5.38 Å². The third kappa shape index (κ3) is 2.50. The first-order chi connectivity index (χ1) is 8.08. The van der Waals surface area contributed by atoms with Crippen LogP contribution in [-0.2, 0) is 7.05 Å². The average Bonchev–Trinajstić information content (AvgIpc) is 2.87. The first kappa shape index (κ1) is 11.7. The summed E-state index contributed by atoms with van der Waals surface area (Å²) in [6.07, 6.45) is 1.56. The summed E-state index contributed by atoms with van der Waals surface area (Å²) in [6, 6.07) is 3.54. The first-order valence-corrected chi connectivity index (χ1v) is 6.06. The largest absolute Gasteiger partial charge is 0.294 e. The lowest BCUT2D eigenvalue weighted by molar-refractivity contribution is 0.0896. The highest BCUT2D eigenvalue weighted by molar-refractivity contribution is 7.12. The zero-order valence-corrected chi connectivity index (χ0v) is 10.5. The van der Waals surface area contributed by atoms with Crippen LogP contribution in [0.1, 0.15) is 32.1 Å². The molecule has 2 aromatic heterocycles. The molecule has 2 aromatic rings. The number of nitrogens with zero attached hydrogens (tertiary/aromatic N) is 2. The van der Waals surface area contributed by atoms with Crippen molar-refractivity contribution in [1.82, 2.24) is 9.78 Å². The maximum Gasteiger partial charge on any atom is 0.180 e. The van der Waals surface area contributed by atoms with E-state index in [0.29, 0.717) is 16.1 Å². The Balaban J connectivity index is 2.12. The van der Waals surface area contributed by atoms with Gasteiger partial charge in [0.05, 0.1) is 22.6 Å². The van der Waals surface area contributed by atoms with E-state index < -0.39 is 0 Å². The number of Topliss-reactive ketones (excluding diaryl/α,β-unsaturated/α-hetero) is 2. The molecule has 0 amide bonds. The molecule has 5 heteroatoms. The Bertz CT molecular complexity index is 555. The van der Waals surface area contributed by atoms with Crippen LogP contribution in [0.2, 0.25) is 0 Å². The molecule has 2 heterocycles. The molecule has 2 rings (SSSR count). The molecule has 0 saturated heterocycles. The Kier molecular flexibility index (Phi) is 3.19. The van der Waals surface area contributed by atoms with Gasteiger partial charge in [-0.25, -0.2) is 0 Å². The van der Waals surface area contributed by atoms with Crippen LogP contribution in [0.3, 0.4) is 0 Å². The molecule has 88 valence electrons. The maximum absolute atomic E-state index is 11.9. The lowest BCUT2D eigenvalue weighted by Crippen LogP contribution is -2.07. The van der Waals surface area contributed by atoms with E-state index >= 15 is 0 Å². The molecule has 0 radical (unpaired) electrons. The summed E-state index contributed by atoms with van der Waals surface area (Å²) in [6.45, 7) is 1.77. The van der Waals surface area contributed by atoms with E-state index in [2.05, 4.69) is 5.10 Å². The topological polar surface area (TPSA) is 52.0 Å². The Hall–Kier alpha value is -1.75. The number of hydrogen-bond donors (Lipinski definition) is 0. The molecular formula is C12H12N2O2S. The van der Waals surface area contributed by atoms with Gasteiger partial charge in [0.2, 0.25) is 0 Å². The van der Waals surface area contributed by atoms with E-state index in [1.165, 1.54) is 11.3 Å². The minimum absolute atomic E-state index is 0.0902. The number of aromatic nitrogens is 2. The summed E-state index contributed by atoms with van der Waals surface area (Å²) in [7, 11) is 1.75. The summed E-state index contributed by atoms with van der Waals surface area (Å²) in [4.78, 5) is 24.3. The van der Waals surface area contributed by atoms with E-state index in [4.69, 9.17) is 0 Å². The van der Waals surface area contributed by atoms with Gasteiger partial charge in [-0.15, -0.1) is 11.3 Å². The average molecular weight is 248 g/mol. The number of carbonyl (C=O) groups excluding carboxylic acids is 2. The maximum atomic E-state index is 11.9. The third-order valence-corrected chi connectivity index (χ3v) is 3.34. The van der Waals surface area contributed by atoms with Crippen LogP contribution in [0.4, 0.5) is 0 Å². The van der Waals surface area contributed by atoms with Gasteiger partial charge in [-0.3, -0.25) is 14.3 Å². The summed E-state index contributed by atoms with van der Waals surface area (Å²) in [5.41, 5.74) is 1.19. The molecule has 0 atom stereocenters. The molecule has 0 unspecified atom stereocenters. The molecule has 0 saturated carbocycles. The lowest BCUT2D eigenvalue weighted by atomic mass is 10.1. The van der Waals surface area contributed by atoms with Crippen LogP contribution in [0.5, 0.6) is 0 Å².